The van der Waals surface area contributed by atoms with Crippen molar-refractivity contribution in [3.05, 3.63) is 57.6 Å². The molecule has 0 bridgehead atoms. The van der Waals surface area contributed by atoms with Gasteiger partial charge in [-0.2, -0.15) is 0 Å². The van der Waals surface area contributed by atoms with E-state index in [1.807, 2.05) is 30.3 Å². The molecular weight excluding hydrogens is 298 g/mol. The number of benzene rings is 2. The molecule has 0 aliphatic heterocycles. The fraction of sp³-hybridized carbons (Fsp3) is 0.294. The van der Waals surface area contributed by atoms with Crippen molar-refractivity contribution in [2.75, 3.05) is 13.7 Å². The maximum Gasteiger partial charge on any atom is 0.317 e. The van der Waals surface area contributed by atoms with E-state index in [9.17, 15) is 15.2 Å². The quantitative estimate of drug-likeness (QED) is 0.479. The van der Waals surface area contributed by atoms with Crippen LogP contribution in [0.4, 0.5) is 5.69 Å². The second kappa shape index (κ2) is 7.49. The first kappa shape index (κ1) is 16.6. The molecule has 0 saturated heterocycles. The number of ether oxygens (including phenoxy) is 2. The molecule has 0 amide bonds. The van der Waals surface area contributed by atoms with Gasteiger partial charge in [-0.15, -0.1) is 0 Å². The number of hydrogen-bond acceptors (Lipinski definition) is 5. The van der Waals surface area contributed by atoms with Gasteiger partial charge >= 0.3 is 5.69 Å². The van der Waals surface area contributed by atoms with Crippen LogP contribution in [0.2, 0.25) is 0 Å². The third-order valence-electron chi connectivity index (χ3n) is 3.49. The summed E-state index contributed by atoms with van der Waals surface area (Å²) in [4.78, 5) is 10.4. The van der Waals surface area contributed by atoms with Gasteiger partial charge in [-0.1, -0.05) is 30.3 Å². The Labute approximate surface area is 134 Å². The fourth-order valence-corrected chi connectivity index (χ4v) is 2.36. The van der Waals surface area contributed by atoms with Gasteiger partial charge in [-0.25, -0.2) is 0 Å². The van der Waals surface area contributed by atoms with Gasteiger partial charge in [-0.3, -0.25) is 10.1 Å². The Morgan fingerprint density at radius 2 is 1.96 bits per heavy atom. The number of hydrogen-bond donors (Lipinski definition) is 1. The average Bonchev–Trinajstić information content (AvgIpc) is 2.53. The summed E-state index contributed by atoms with van der Waals surface area (Å²) in [5, 5.41) is 21.2. The zero-order chi connectivity index (χ0) is 16.8. The number of methoxy groups -OCH3 is 1. The Hall–Kier alpha value is -2.76. The summed E-state index contributed by atoms with van der Waals surface area (Å²) < 4.78 is 10.7. The molecule has 0 aliphatic carbocycles. The van der Waals surface area contributed by atoms with Gasteiger partial charge in [0.05, 0.1) is 18.6 Å². The lowest BCUT2D eigenvalue weighted by Crippen LogP contribution is -2.03. The third-order valence-corrected chi connectivity index (χ3v) is 3.49. The van der Waals surface area contributed by atoms with Gasteiger partial charge in [0.1, 0.15) is 0 Å². The second-order valence-corrected chi connectivity index (χ2v) is 5.12. The van der Waals surface area contributed by atoms with Crippen LogP contribution in [0.25, 0.3) is 0 Å². The Bertz CT molecular complexity index is 685. The molecule has 6 heteroatoms. The van der Waals surface area contributed by atoms with Gasteiger partial charge in [0.15, 0.2) is 5.75 Å². The Morgan fingerprint density at radius 1 is 1.26 bits per heavy atom. The van der Waals surface area contributed by atoms with Crippen molar-refractivity contribution in [2.24, 2.45) is 0 Å². The largest absolute Gasteiger partial charge is 0.499 e. The van der Waals surface area contributed by atoms with Crippen LogP contribution in [0.15, 0.2) is 36.4 Å². The highest BCUT2D eigenvalue weighted by Gasteiger charge is 2.25. The van der Waals surface area contributed by atoms with E-state index in [-0.39, 0.29) is 17.2 Å². The van der Waals surface area contributed by atoms with E-state index in [2.05, 4.69) is 0 Å². The van der Waals surface area contributed by atoms with E-state index in [1.165, 1.54) is 18.7 Å². The van der Waals surface area contributed by atoms with Crippen LogP contribution in [-0.2, 0) is 6.42 Å². The Kier molecular flexibility index (Phi) is 5.41. The van der Waals surface area contributed by atoms with E-state index in [4.69, 9.17) is 9.47 Å². The van der Waals surface area contributed by atoms with Crippen molar-refractivity contribution in [3.63, 3.8) is 0 Å². The van der Waals surface area contributed by atoms with Gasteiger partial charge in [0, 0.05) is 5.56 Å². The maximum absolute atomic E-state index is 11.1. The lowest BCUT2D eigenvalue weighted by molar-refractivity contribution is -0.386. The lowest BCUT2D eigenvalue weighted by atomic mass is 10.1. The van der Waals surface area contributed by atoms with Crippen LogP contribution in [-0.4, -0.2) is 23.7 Å². The Balaban J connectivity index is 2.09. The number of aryl methyl sites for hydroxylation is 2. The van der Waals surface area contributed by atoms with E-state index in [1.54, 1.807) is 6.92 Å². The molecule has 2 aromatic rings. The average molecular weight is 317 g/mol. The molecule has 0 atom stereocenters. The minimum absolute atomic E-state index is 0.0119. The van der Waals surface area contributed by atoms with E-state index >= 15 is 0 Å². The molecule has 0 saturated carbocycles. The summed E-state index contributed by atoms with van der Waals surface area (Å²) in [7, 11) is 1.43. The highest BCUT2D eigenvalue weighted by molar-refractivity contribution is 5.65. The number of aromatic hydroxyl groups is 1. The smallest absolute Gasteiger partial charge is 0.317 e. The van der Waals surface area contributed by atoms with Crippen molar-refractivity contribution in [2.45, 2.75) is 19.8 Å². The summed E-state index contributed by atoms with van der Waals surface area (Å²) in [5.74, 6) is -0.199. The van der Waals surface area contributed by atoms with Gasteiger partial charge < -0.3 is 14.6 Å². The number of phenols is 1. The molecule has 0 heterocycles. The minimum Gasteiger partial charge on any atom is -0.499 e. The first-order valence-corrected chi connectivity index (χ1v) is 7.26. The Morgan fingerprint density at radius 3 is 2.57 bits per heavy atom. The monoisotopic (exact) mass is 317 g/mol. The first-order valence-electron chi connectivity index (χ1n) is 7.26. The predicted octanol–water partition coefficient (Wildman–Crippen LogP) is 3.63. The van der Waals surface area contributed by atoms with Crippen LogP contribution in [0.5, 0.6) is 17.2 Å². The standard InChI is InChI=1S/C17H19NO5/c1-12-11-14(22-2)17(16(19)15(12)18(20)21)23-10-6-9-13-7-4-3-5-8-13/h3-5,7-8,11,19H,6,9-10H2,1-2H3. The van der Waals surface area contributed by atoms with E-state index in [0.717, 1.165) is 6.42 Å². The molecule has 1 N–H and O–H groups in total. The SMILES string of the molecule is COc1cc(C)c([N+](=O)[O-])c(O)c1OCCCc1ccccc1. The molecule has 122 valence electrons. The molecule has 2 rings (SSSR count). The predicted molar refractivity (Wildman–Crippen MR) is 86.3 cm³/mol. The number of nitrogens with zero attached hydrogens (tertiary/aromatic N) is 1. The van der Waals surface area contributed by atoms with Crippen LogP contribution < -0.4 is 9.47 Å². The van der Waals surface area contributed by atoms with Crippen molar-refractivity contribution in [1.29, 1.82) is 0 Å². The highest BCUT2D eigenvalue weighted by Crippen LogP contribution is 2.45. The van der Waals surface area contributed by atoms with Crippen molar-refractivity contribution >= 4 is 5.69 Å². The molecule has 2 aromatic carbocycles. The van der Waals surface area contributed by atoms with Crippen molar-refractivity contribution in [3.8, 4) is 17.2 Å². The minimum atomic E-state index is -0.624. The maximum atomic E-state index is 11.1. The van der Waals surface area contributed by atoms with Gasteiger partial charge in [-0.05, 0) is 31.4 Å². The van der Waals surface area contributed by atoms with E-state index < -0.39 is 10.7 Å². The molecular formula is C17H19NO5. The molecule has 0 fully saturated rings. The molecule has 0 aromatic heterocycles. The molecule has 0 aliphatic rings. The van der Waals surface area contributed by atoms with Crippen LogP contribution in [0.1, 0.15) is 17.5 Å². The molecule has 0 unspecified atom stereocenters. The van der Waals surface area contributed by atoms with Crippen LogP contribution >= 0.6 is 0 Å². The number of phenolic OH excluding ortho intramolecular Hbond substituents is 1. The fourth-order valence-electron chi connectivity index (χ4n) is 2.36. The second-order valence-electron chi connectivity index (χ2n) is 5.12. The highest BCUT2D eigenvalue weighted by atomic mass is 16.6. The summed E-state index contributed by atoms with van der Waals surface area (Å²) in [6.45, 7) is 1.86. The van der Waals surface area contributed by atoms with Crippen LogP contribution in [0, 0.1) is 17.0 Å². The zero-order valence-electron chi connectivity index (χ0n) is 13.1. The topological polar surface area (TPSA) is 81.8 Å². The summed E-state index contributed by atoms with van der Waals surface area (Å²) >= 11 is 0. The van der Waals surface area contributed by atoms with Crippen molar-refractivity contribution in [1.82, 2.24) is 0 Å². The summed E-state index contributed by atoms with van der Waals surface area (Å²) in [5.41, 5.74) is 1.15. The number of rotatable bonds is 7. The molecule has 0 spiro atoms. The number of nitro benzene ring substituents is 1. The third kappa shape index (κ3) is 3.91. The molecule has 0 radical (unpaired) electrons. The normalized spacial score (nSPS) is 10.3. The summed E-state index contributed by atoms with van der Waals surface area (Å²) in [6.07, 6.45) is 1.53. The molecule has 23 heavy (non-hydrogen) atoms. The number of nitro groups is 1. The zero-order valence-corrected chi connectivity index (χ0v) is 13.1. The van der Waals surface area contributed by atoms with Gasteiger partial charge in [0.25, 0.3) is 0 Å². The lowest BCUT2D eigenvalue weighted by Gasteiger charge is -2.13. The first-order chi connectivity index (χ1) is 11.0. The van der Waals surface area contributed by atoms with Crippen LogP contribution in [0.3, 0.4) is 0 Å². The van der Waals surface area contributed by atoms with E-state index in [0.29, 0.717) is 18.6 Å². The van der Waals surface area contributed by atoms with Gasteiger partial charge in [0.2, 0.25) is 11.5 Å². The molecule has 6 nitrogen and oxygen atoms in total. The van der Waals surface area contributed by atoms with Crippen molar-refractivity contribution < 1.29 is 19.5 Å². The summed E-state index contributed by atoms with van der Waals surface area (Å²) in [6, 6.07) is 11.4.